The molecule has 29 heavy (non-hydrogen) atoms. The van der Waals surface area contributed by atoms with Crippen LogP contribution in [0, 0.1) is 20.8 Å². The van der Waals surface area contributed by atoms with Gasteiger partial charge in [-0.1, -0.05) is 23.9 Å². The first-order valence-electron chi connectivity index (χ1n) is 8.56. The molecule has 10 heteroatoms. The van der Waals surface area contributed by atoms with Crippen molar-refractivity contribution in [3.8, 4) is 10.6 Å². The summed E-state index contributed by atoms with van der Waals surface area (Å²) in [5.41, 5.74) is 2.25. The van der Waals surface area contributed by atoms with E-state index < -0.39 is 11.7 Å². The first kappa shape index (κ1) is 21.1. The van der Waals surface area contributed by atoms with E-state index >= 15 is 0 Å². The fraction of sp³-hybridized carbons (Fsp3) is 0.263. The molecule has 0 spiro atoms. The molecule has 0 bridgehead atoms. The molecule has 0 atom stereocenters. The standard InChI is InChI=1S/C19H18F2N4O2S2/c1-9-10(2)24-25(4)18(27)14(9)17-22-11(3)15(29-17)16(26)23-12-7-5-6-8-13(12)28-19(20)21/h5-8,19H,1-4H3,(H,23,26). The predicted octanol–water partition coefficient (Wildman–Crippen LogP) is 4.40. The minimum Gasteiger partial charge on any atom is -0.320 e. The number of nitrogens with zero attached hydrogens (tertiary/aromatic N) is 3. The van der Waals surface area contributed by atoms with Gasteiger partial charge in [-0.2, -0.15) is 13.9 Å². The molecule has 1 aromatic carbocycles. The normalized spacial score (nSPS) is 11.1. The van der Waals surface area contributed by atoms with Crippen molar-refractivity contribution in [1.82, 2.24) is 14.8 Å². The zero-order chi connectivity index (χ0) is 21.3. The van der Waals surface area contributed by atoms with Crippen molar-refractivity contribution >= 4 is 34.7 Å². The minimum atomic E-state index is -2.60. The number of alkyl halides is 2. The third kappa shape index (κ3) is 4.38. The smallest absolute Gasteiger partial charge is 0.288 e. The lowest BCUT2D eigenvalue weighted by Gasteiger charge is -2.09. The Morgan fingerprint density at radius 2 is 1.90 bits per heavy atom. The molecule has 0 unspecified atom stereocenters. The number of halogens is 2. The number of aromatic nitrogens is 3. The monoisotopic (exact) mass is 436 g/mol. The molecule has 2 heterocycles. The van der Waals surface area contributed by atoms with Crippen LogP contribution in [0.15, 0.2) is 34.0 Å². The van der Waals surface area contributed by atoms with Crippen LogP contribution in [-0.2, 0) is 7.05 Å². The first-order valence-corrected chi connectivity index (χ1v) is 10.3. The van der Waals surface area contributed by atoms with Gasteiger partial charge in [0.15, 0.2) is 0 Å². The summed E-state index contributed by atoms with van der Waals surface area (Å²) in [5, 5.41) is 7.24. The molecule has 3 rings (SSSR count). The van der Waals surface area contributed by atoms with Crippen LogP contribution in [0.25, 0.3) is 10.6 Å². The summed E-state index contributed by atoms with van der Waals surface area (Å²) in [5.74, 6) is -3.06. The molecule has 0 fully saturated rings. The lowest BCUT2D eigenvalue weighted by Crippen LogP contribution is -2.23. The molecule has 6 nitrogen and oxygen atoms in total. The Morgan fingerprint density at radius 1 is 1.21 bits per heavy atom. The number of hydrogen-bond acceptors (Lipinski definition) is 6. The Balaban J connectivity index is 1.97. The molecular formula is C19H18F2N4O2S2. The summed E-state index contributed by atoms with van der Waals surface area (Å²) >= 11 is 1.45. The van der Waals surface area contributed by atoms with Gasteiger partial charge < -0.3 is 5.32 Å². The summed E-state index contributed by atoms with van der Waals surface area (Å²) in [7, 11) is 1.56. The maximum Gasteiger partial charge on any atom is 0.288 e. The summed E-state index contributed by atoms with van der Waals surface area (Å²) in [6.07, 6.45) is 0. The van der Waals surface area contributed by atoms with Gasteiger partial charge in [0.1, 0.15) is 9.88 Å². The summed E-state index contributed by atoms with van der Waals surface area (Å²) in [6, 6.07) is 6.36. The molecule has 1 N–H and O–H groups in total. The highest BCUT2D eigenvalue weighted by molar-refractivity contribution is 7.99. The number of thiazole rings is 1. The highest BCUT2D eigenvalue weighted by atomic mass is 32.2. The third-order valence-electron chi connectivity index (χ3n) is 4.29. The fourth-order valence-corrected chi connectivity index (χ4v) is 4.41. The summed E-state index contributed by atoms with van der Waals surface area (Å²) in [6.45, 7) is 5.25. The van der Waals surface area contributed by atoms with Crippen LogP contribution in [0.3, 0.4) is 0 Å². The van der Waals surface area contributed by atoms with Crippen molar-refractivity contribution in [1.29, 1.82) is 0 Å². The number of carbonyl (C=O) groups is 1. The van der Waals surface area contributed by atoms with Gasteiger partial charge in [-0.05, 0) is 38.5 Å². The second kappa shape index (κ2) is 8.42. The van der Waals surface area contributed by atoms with E-state index in [4.69, 9.17) is 0 Å². The van der Waals surface area contributed by atoms with E-state index in [0.29, 0.717) is 49.8 Å². The summed E-state index contributed by atoms with van der Waals surface area (Å²) in [4.78, 5) is 30.3. The van der Waals surface area contributed by atoms with Gasteiger partial charge in [0.05, 0.1) is 22.6 Å². The van der Waals surface area contributed by atoms with Crippen LogP contribution >= 0.6 is 23.1 Å². The zero-order valence-corrected chi connectivity index (χ0v) is 17.8. The number of para-hydroxylation sites is 1. The highest BCUT2D eigenvalue weighted by Gasteiger charge is 2.22. The topological polar surface area (TPSA) is 76.9 Å². The van der Waals surface area contributed by atoms with Crippen LogP contribution in [-0.4, -0.2) is 26.4 Å². The largest absolute Gasteiger partial charge is 0.320 e. The van der Waals surface area contributed by atoms with Crippen molar-refractivity contribution in [2.75, 3.05) is 5.32 Å². The van der Waals surface area contributed by atoms with Gasteiger partial charge in [0.2, 0.25) is 0 Å². The van der Waals surface area contributed by atoms with E-state index in [1.54, 1.807) is 46.0 Å². The van der Waals surface area contributed by atoms with E-state index in [-0.39, 0.29) is 10.5 Å². The Kier molecular flexibility index (Phi) is 6.13. The van der Waals surface area contributed by atoms with E-state index in [2.05, 4.69) is 15.4 Å². The molecule has 2 aromatic heterocycles. The Labute approximate surface area is 174 Å². The number of nitrogens with one attached hydrogen (secondary N) is 1. The predicted molar refractivity (Wildman–Crippen MR) is 111 cm³/mol. The second-order valence-electron chi connectivity index (χ2n) is 6.28. The molecule has 0 saturated heterocycles. The number of anilines is 1. The Bertz CT molecular complexity index is 1140. The number of benzene rings is 1. The molecule has 3 aromatic rings. The summed E-state index contributed by atoms with van der Waals surface area (Å²) < 4.78 is 26.8. The van der Waals surface area contributed by atoms with Gasteiger partial charge >= 0.3 is 0 Å². The minimum absolute atomic E-state index is 0.271. The Morgan fingerprint density at radius 3 is 2.59 bits per heavy atom. The molecule has 0 saturated carbocycles. The van der Waals surface area contributed by atoms with Crippen molar-refractivity contribution in [3.05, 3.63) is 56.4 Å². The van der Waals surface area contributed by atoms with Crippen LogP contribution in [0.5, 0.6) is 0 Å². The van der Waals surface area contributed by atoms with Crippen LogP contribution < -0.4 is 10.9 Å². The lowest BCUT2D eigenvalue weighted by atomic mass is 10.1. The number of thioether (sulfide) groups is 1. The molecule has 0 aliphatic heterocycles. The Hall–Kier alpha value is -2.59. The molecule has 152 valence electrons. The molecule has 0 radical (unpaired) electrons. The van der Waals surface area contributed by atoms with E-state index in [1.807, 2.05) is 0 Å². The molecular weight excluding hydrogens is 418 g/mol. The number of amides is 1. The van der Waals surface area contributed by atoms with E-state index in [9.17, 15) is 18.4 Å². The average molecular weight is 437 g/mol. The molecule has 0 aliphatic rings. The second-order valence-corrected chi connectivity index (χ2v) is 8.31. The van der Waals surface area contributed by atoms with Gasteiger partial charge in [-0.15, -0.1) is 11.3 Å². The van der Waals surface area contributed by atoms with Crippen LogP contribution in [0.2, 0.25) is 0 Å². The third-order valence-corrected chi connectivity index (χ3v) is 6.26. The SMILES string of the molecule is Cc1nc(-c2c(C)c(C)nn(C)c2=O)sc1C(=O)Nc1ccccc1SC(F)F. The molecule has 1 amide bonds. The van der Waals surface area contributed by atoms with E-state index in [0.717, 1.165) is 11.3 Å². The van der Waals surface area contributed by atoms with Gasteiger partial charge in [0.25, 0.3) is 17.2 Å². The van der Waals surface area contributed by atoms with Crippen LogP contribution in [0.4, 0.5) is 14.5 Å². The zero-order valence-electron chi connectivity index (χ0n) is 16.1. The number of rotatable bonds is 5. The number of hydrogen-bond donors (Lipinski definition) is 1. The van der Waals surface area contributed by atoms with Crippen molar-refractivity contribution in [3.63, 3.8) is 0 Å². The van der Waals surface area contributed by atoms with Crippen LogP contribution in [0.1, 0.15) is 26.6 Å². The molecule has 0 aliphatic carbocycles. The maximum absolute atomic E-state index is 12.8. The fourth-order valence-electron chi connectivity index (χ4n) is 2.76. The van der Waals surface area contributed by atoms with Gasteiger partial charge in [0, 0.05) is 11.9 Å². The first-order chi connectivity index (χ1) is 13.7. The van der Waals surface area contributed by atoms with Gasteiger partial charge in [-0.25, -0.2) is 9.67 Å². The van der Waals surface area contributed by atoms with Crippen molar-refractivity contribution in [2.24, 2.45) is 7.05 Å². The van der Waals surface area contributed by atoms with Crippen molar-refractivity contribution in [2.45, 2.75) is 31.4 Å². The quantitative estimate of drug-likeness (QED) is 0.600. The number of aryl methyl sites for hydroxylation is 3. The van der Waals surface area contributed by atoms with E-state index in [1.165, 1.54) is 10.7 Å². The lowest BCUT2D eigenvalue weighted by molar-refractivity contribution is 0.102. The van der Waals surface area contributed by atoms with Crippen molar-refractivity contribution < 1.29 is 13.6 Å². The maximum atomic E-state index is 12.8. The highest BCUT2D eigenvalue weighted by Crippen LogP contribution is 2.33. The average Bonchev–Trinajstić information content (AvgIpc) is 3.03. The number of carbonyl (C=O) groups excluding carboxylic acids is 1. The van der Waals surface area contributed by atoms with Gasteiger partial charge in [-0.3, -0.25) is 9.59 Å².